The molecule has 1 N–H and O–H groups in total. The van der Waals surface area contributed by atoms with Gasteiger partial charge in [0.15, 0.2) is 11.8 Å². The molecule has 2 aromatic heterocycles. The minimum absolute atomic E-state index is 0. The number of nitrogens with one attached hydrogen (secondary N) is 1. The normalized spacial score (nSPS) is 15.0. The van der Waals surface area contributed by atoms with Crippen LogP contribution in [0.2, 0.25) is 0 Å². The second-order valence-corrected chi connectivity index (χ2v) is 7.89. The van der Waals surface area contributed by atoms with Gasteiger partial charge in [0.05, 0.1) is 18.8 Å². The predicted octanol–water partition coefficient (Wildman–Crippen LogP) is 2.50. The number of benzene rings is 1. The minimum atomic E-state index is 0. The van der Waals surface area contributed by atoms with Crippen molar-refractivity contribution < 1.29 is 4.52 Å². The molecule has 0 bridgehead atoms. The Hall–Kier alpha value is -2.47. The number of rotatable bonds is 6. The first-order valence-electron chi connectivity index (χ1n) is 10.6. The Kier molecular flexibility index (Phi) is 8.62. The Morgan fingerprint density at radius 3 is 2.47 bits per heavy atom. The van der Waals surface area contributed by atoms with Crippen LogP contribution in [0, 0.1) is 13.8 Å². The van der Waals surface area contributed by atoms with Crippen LogP contribution in [-0.4, -0.2) is 61.9 Å². The lowest BCUT2D eigenvalue weighted by Gasteiger charge is -2.36. The zero-order chi connectivity index (χ0) is 21.6. The average Bonchev–Trinajstić information content (AvgIpc) is 3.34. The third kappa shape index (κ3) is 6.28. The molecule has 172 valence electrons. The molecule has 1 saturated heterocycles. The highest BCUT2D eigenvalue weighted by Crippen LogP contribution is 2.10. The highest BCUT2D eigenvalue weighted by molar-refractivity contribution is 14.0. The summed E-state index contributed by atoms with van der Waals surface area (Å²) in [6.07, 6.45) is 0. The number of hydrogen-bond donors (Lipinski definition) is 1. The van der Waals surface area contributed by atoms with E-state index in [1.54, 1.807) is 0 Å². The van der Waals surface area contributed by atoms with Crippen LogP contribution in [0.4, 0.5) is 0 Å². The molecule has 0 atom stereocenters. The Morgan fingerprint density at radius 1 is 1.09 bits per heavy atom. The van der Waals surface area contributed by atoms with E-state index in [4.69, 9.17) is 9.52 Å². The van der Waals surface area contributed by atoms with Crippen LogP contribution in [0.1, 0.15) is 28.7 Å². The summed E-state index contributed by atoms with van der Waals surface area (Å²) in [6, 6.07) is 12.3. The Labute approximate surface area is 205 Å². The van der Waals surface area contributed by atoms with E-state index in [9.17, 15) is 0 Å². The second-order valence-electron chi connectivity index (χ2n) is 7.89. The van der Waals surface area contributed by atoms with E-state index in [-0.39, 0.29) is 24.0 Å². The van der Waals surface area contributed by atoms with E-state index < -0.39 is 0 Å². The van der Waals surface area contributed by atoms with Gasteiger partial charge in [-0.1, -0.05) is 35.5 Å². The molecule has 0 radical (unpaired) electrons. The quantitative estimate of drug-likeness (QED) is 0.287. The topological polar surface area (TPSA) is 87.6 Å². The van der Waals surface area contributed by atoms with Crippen molar-refractivity contribution in [2.75, 3.05) is 26.2 Å². The van der Waals surface area contributed by atoms with Gasteiger partial charge in [-0.2, -0.15) is 0 Å². The maximum Gasteiger partial charge on any atom is 0.194 e. The summed E-state index contributed by atoms with van der Waals surface area (Å²) >= 11 is 0. The third-order valence-electron chi connectivity index (χ3n) is 5.58. The molecule has 1 aliphatic heterocycles. The zero-order valence-corrected chi connectivity index (χ0v) is 21.2. The summed E-state index contributed by atoms with van der Waals surface area (Å²) in [4.78, 5) is 9.62. The average molecular weight is 550 g/mol. The summed E-state index contributed by atoms with van der Waals surface area (Å²) in [6.45, 7) is 9.60. The van der Waals surface area contributed by atoms with Crippen molar-refractivity contribution in [2.24, 2.45) is 12.0 Å². The number of piperazine rings is 1. The minimum Gasteiger partial charge on any atom is -0.361 e. The molecule has 0 aliphatic carbocycles. The van der Waals surface area contributed by atoms with E-state index in [1.807, 2.05) is 49.7 Å². The number of hydrogen-bond acceptors (Lipinski definition) is 6. The van der Waals surface area contributed by atoms with Crippen LogP contribution in [0.25, 0.3) is 0 Å². The molecular weight excluding hydrogens is 519 g/mol. The highest BCUT2D eigenvalue weighted by atomic mass is 127. The number of guanidine groups is 1. The molecule has 32 heavy (non-hydrogen) atoms. The van der Waals surface area contributed by atoms with Gasteiger partial charge in [-0.25, -0.2) is 4.99 Å². The molecule has 3 aromatic rings. The van der Waals surface area contributed by atoms with Crippen LogP contribution < -0.4 is 5.32 Å². The summed E-state index contributed by atoms with van der Waals surface area (Å²) in [5.74, 6) is 3.55. The van der Waals surface area contributed by atoms with Crippen molar-refractivity contribution >= 4 is 29.9 Å². The zero-order valence-electron chi connectivity index (χ0n) is 18.9. The molecule has 1 aliphatic rings. The first-order valence-corrected chi connectivity index (χ1v) is 10.6. The van der Waals surface area contributed by atoms with Gasteiger partial charge in [-0.05, 0) is 19.4 Å². The molecule has 1 fully saturated rings. The van der Waals surface area contributed by atoms with Gasteiger partial charge in [-0.3, -0.25) is 4.90 Å². The van der Waals surface area contributed by atoms with Crippen LogP contribution in [0.3, 0.4) is 0 Å². The summed E-state index contributed by atoms with van der Waals surface area (Å²) < 4.78 is 7.20. The number of aromatic nitrogens is 4. The molecule has 10 heteroatoms. The fourth-order valence-electron chi connectivity index (χ4n) is 3.62. The van der Waals surface area contributed by atoms with Crippen molar-refractivity contribution in [3.8, 4) is 0 Å². The predicted molar refractivity (Wildman–Crippen MR) is 134 cm³/mol. The second kappa shape index (κ2) is 11.4. The molecule has 0 saturated carbocycles. The van der Waals surface area contributed by atoms with Gasteiger partial charge in [0.1, 0.15) is 11.6 Å². The summed E-state index contributed by atoms with van der Waals surface area (Å²) in [5, 5.41) is 16.0. The molecular formula is C22H31IN8O. The van der Waals surface area contributed by atoms with E-state index in [1.165, 1.54) is 5.56 Å². The molecule has 9 nitrogen and oxygen atoms in total. The maximum absolute atomic E-state index is 5.20. The fraction of sp³-hybridized carbons (Fsp3) is 0.455. The van der Waals surface area contributed by atoms with E-state index in [0.29, 0.717) is 13.1 Å². The van der Waals surface area contributed by atoms with E-state index >= 15 is 0 Å². The SMILES string of the molecule is Cc1cc(CN2CCN(C(=NCc3ccccc3)NCc3nnc(C)n3C)CC2)no1.I. The molecule has 4 rings (SSSR count). The Bertz CT molecular complexity index is 1010. The van der Waals surface area contributed by atoms with Crippen LogP contribution in [-0.2, 0) is 26.7 Å². The molecule has 0 unspecified atom stereocenters. The largest absolute Gasteiger partial charge is 0.361 e. The number of halogens is 1. The van der Waals surface area contributed by atoms with Crippen molar-refractivity contribution in [1.82, 2.24) is 35.0 Å². The van der Waals surface area contributed by atoms with Crippen molar-refractivity contribution in [1.29, 1.82) is 0 Å². The lowest BCUT2D eigenvalue weighted by molar-refractivity contribution is 0.168. The lowest BCUT2D eigenvalue weighted by Crippen LogP contribution is -2.52. The van der Waals surface area contributed by atoms with Gasteiger partial charge < -0.3 is 19.3 Å². The third-order valence-corrected chi connectivity index (χ3v) is 5.58. The van der Waals surface area contributed by atoms with Crippen LogP contribution in [0.5, 0.6) is 0 Å². The van der Waals surface area contributed by atoms with Crippen molar-refractivity contribution in [3.63, 3.8) is 0 Å². The molecule has 3 heterocycles. The Morgan fingerprint density at radius 2 is 1.84 bits per heavy atom. The first-order chi connectivity index (χ1) is 15.1. The smallest absolute Gasteiger partial charge is 0.194 e. The monoisotopic (exact) mass is 550 g/mol. The van der Waals surface area contributed by atoms with Gasteiger partial charge in [0.2, 0.25) is 0 Å². The first kappa shape index (κ1) is 24.2. The van der Waals surface area contributed by atoms with E-state index in [0.717, 1.165) is 61.8 Å². The molecule has 1 aromatic carbocycles. The number of aryl methyl sites for hydroxylation is 2. The van der Waals surface area contributed by atoms with Crippen molar-refractivity contribution in [2.45, 2.75) is 33.5 Å². The van der Waals surface area contributed by atoms with Gasteiger partial charge in [0, 0.05) is 45.8 Å². The van der Waals surface area contributed by atoms with Crippen LogP contribution >= 0.6 is 24.0 Å². The summed E-state index contributed by atoms with van der Waals surface area (Å²) in [7, 11) is 1.98. The van der Waals surface area contributed by atoms with Gasteiger partial charge in [0.25, 0.3) is 0 Å². The van der Waals surface area contributed by atoms with Gasteiger partial charge >= 0.3 is 0 Å². The van der Waals surface area contributed by atoms with Crippen molar-refractivity contribution in [3.05, 3.63) is 65.1 Å². The number of nitrogens with zero attached hydrogens (tertiary/aromatic N) is 7. The summed E-state index contributed by atoms with van der Waals surface area (Å²) in [5.41, 5.74) is 2.18. The van der Waals surface area contributed by atoms with E-state index in [2.05, 4.69) is 42.6 Å². The lowest BCUT2D eigenvalue weighted by atomic mass is 10.2. The Balaban J connectivity index is 0.00000289. The number of aliphatic imine (C=N–C) groups is 1. The highest BCUT2D eigenvalue weighted by Gasteiger charge is 2.21. The van der Waals surface area contributed by atoms with Crippen LogP contribution in [0.15, 0.2) is 45.9 Å². The maximum atomic E-state index is 5.20. The fourth-order valence-corrected chi connectivity index (χ4v) is 3.62. The molecule has 0 spiro atoms. The van der Waals surface area contributed by atoms with Gasteiger partial charge in [-0.15, -0.1) is 34.2 Å². The molecule has 0 amide bonds. The standard InChI is InChI=1S/C22H30N8O.HI/c1-17-13-20(27-31-17)16-29-9-11-30(12-10-29)22(23-14-19-7-5-4-6-8-19)24-15-21-26-25-18(2)28(21)3;/h4-8,13H,9-12,14-16H2,1-3H3,(H,23,24);1H.